The van der Waals surface area contributed by atoms with Crippen LogP contribution in [0.3, 0.4) is 0 Å². The van der Waals surface area contributed by atoms with Gasteiger partial charge in [0.25, 0.3) is 0 Å². The normalized spacial score (nSPS) is 20.3. The van der Waals surface area contributed by atoms with Crippen molar-refractivity contribution in [3.8, 4) is 6.07 Å². The Balaban J connectivity index is 1.75. The van der Waals surface area contributed by atoms with Gasteiger partial charge in [-0.3, -0.25) is 9.69 Å². The minimum Gasteiger partial charge on any atom is -0.384 e. The Morgan fingerprint density at radius 3 is 2.38 bits per heavy atom. The summed E-state index contributed by atoms with van der Waals surface area (Å²) in [6.45, 7) is 0. The first-order chi connectivity index (χ1) is 16.5. The molecule has 6 heteroatoms. The van der Waals surface area contributed by atoms with Crippen LogP contribution in [-0.2, 0) is 4.79 Å². The van der Waals surface area contributed by atoms with E-state index in [0.29, 0.717) is 45.3 Å². The molecule has 2 atom stereocenters. The molecule has 2 aliphatic rings. The number of nitrogens with zero attached hydrogens (tertiary/aromatic N) is 2. The number of carbonyl (C=O) groups is 1. The summed E-state index contributed by atoms with van der Waals surface area (Å²) in [5, 5.41) is 11.2. The van der Waals surface area contributed by atoms with Crippen molar-refractivity contribution >= 4 is 34.7 Å². The Bertz CT molecular complexity index is 1390. The lowest BCUT2D eigenvalue weighted by molar-refractivity contribution is -0.116. The third-order valence-corrected chi connectivity index (χ3v) is 7.10. The van der Waals surface area contributed by atoms with Gasteiger partial charge in [0.05, 0.1) is 17.6 Å². The molecule has 0 radical (unpaired) electrons. The van der Waals surface area contributed by atoms with E-state index in [9.17, 15) is 10.1 Å². The molecule has 1 heterocycles. The van der Waals surface area contributed by atoms with E-state index in [0.717, 1.165) is 11.3 Å². The predicted octanol–water partition coefficient (Wildman–Crippen LogP) is 6.69. The van der Waals surface area contributed by atoms with Crippen molar-refractivity contribution < 1.29 is 4.79 Å². The molecule has 0 unspecified atom stereocenters. The van der Waals surface area contributed by atoms with Gasteiger partial charge in [-0.05, 0) is 47.7 Å². The zero-order valence-corrected chi connectivity index (χ0v) is 19.7. The van der Waals surface area contributed by atoms with E-state index in [4.69, 9.17) is 28.9 Å². The average molecular weight is 486 g/mol. The number of ketones is 1. The Morgan fingerprint density at radius 1 is 0.941 bits per heavy atom. The van der Waals surface area contributed by atoms with Crippen LogP contribution >= 0.6 is 23.2 Å². The van der Waals surface area contributed by atoms with Gasteiger partial charge in [0.15, 0.2) is 5.78 Å². The fraction of sp³-hybridized carbons (Fsp3) is 0.143. The summed E-state index contributed by atoms with van der Waals surface area (Å²) in [6, 6.07) is 26.9. The summed E-state index contributed by atoms with van der Waals surface area (Å²) in [7, 11) is 0. The lowest BCUT2D eigenvalue weighted by atomic mass is 9.72. The lowest BCUT2D eigenvalue weighted by Crippen LogP contribution is -2.40. The maximum atomic E-state index is 13.8. The molecule has 5 rings (SSSR count). The van der Waals surface area contributed by atoms with Gasteiger partial charge >= 0.3 is 0 Å². The number of benzene rings is 3. The molecular formula is C28H21Cl2N3O. The number of hydrogen-bond donors (Lipinski definition) is 1. The first kappa shape index (κ1) is 22.3. The van der Waals surface area contributed by atoms with Crippen LogP contribution in [0.25, 0.3) is 0 Å². The number of halogens is 2. The minimum atomic E-state index is -0.617. The molecule has 0 bridgehead atoms. The van der Waals surface area contributed by atoms with Crippen LogP contribution in [-0.4, -0.2) is 5.78 Å². The SMILES string of the molecule is N#CC1=C(N)N(c2cccc(Cl)c2)C2=C(C(=O)C[C@@H](c3ccccc3)C2)[C@@H]1c1ccccc1Cl. The van der Waals surface area contributed by atoms with E-state index in [-0.39, 0.29) is 17.5 Å². The molecule has 2 N–H and O–H groups in total. The zero-order chi connectivity index (χ0) is 23.8. The fourth-order valence-corrected chi connectivity index (χ4v) is 5.45. The highest BCUT2D eigenvalue weighted by Crippen LogP contribution is 2.50. The van der Waals surface area contributed by atoms with Crippen LogP contribution in [0.2, 0.25) is 10.0 Å². The molecule has 4 nitrogen and oxygen atoms in total. The van der Waals surface area contributed by atoms with Crippen LogP contribution < -0.4 is 10.6 Å². The molecule has 168 valence electrons. The monoisotopic (exact) mass is 485 g/mol. The van der Waals surface area contributed by atoms with Crippen molar-refractivity contribution in [2.24, 2.45) is 5.73 Å². The number of allylic oxidation sites excluding steroid dienone is 3. The van der Waals surface area contributed by atoms with Crippen LogP contribution in [0.15, 0.2) is 102 Å². The number of nitriles is 1. The molecule has 0 saturated heterocycles. The predicted molar refractivity (Wildman–Crippen MR) is 135 cm³/mol. The third kappa shape index (κ3) is 3.77. The lowest BCUT2D eigenvalue weighted by Gasteiger charge is -2.41. The largest absolute Gasteiger partial charge is 0.384 e. The molecule has 0 aromatic heterocycles. The highest BCUT2D eigenvalue weighted by Gasteiger charge is 2.43. The topological polar surface area (TPSA) is 70.1 Å². The summed E-state index contributed by atoms with van der Waals surface area (Å²) in [5.74, 6) is -0.340. The Morgan fingerprint density at radius 2 is 1.68 bits per heavy atom. The van der Waals surface area contributed by atoms with Crippen molar-refractivity contribution in [1.29, 1.82) is 5.26 Å². The summed E-state index contributed by atoms with van der Waals surface area (Å²) in [5.41, 5.74) is 10.9. The maximum Gasteiger partial charge on any atom is 0.162 e. The van der Waals surface area contributed by atoms with Gasteiger partial charge in [-0.25, -0.2) is 0 Å². The van der Waals surface area contributed by atoms with Crippen LogP contribution in [0.5, 0.6) is 0 Å². The van der Waals surface area contributed by atoms with E-state index in [1.54, 1.807) is 18.2 Å². The first-order valence-corrected chi connectivity index (χ1v) is 11.8. The number of anilines is 1. The first-order valence-electron chi connectivity index (χ1n) is 11.0. The van der Waals surface area contributed by atoms with Gasteiger partial charge in [-0.15, -0.1) is 0 Å². The molecule has 34 heavy (non-hydrogen) atoms. The molecule has 0 fully saturated rings. The molecule has 0 amide bonds. The van der Waals surface area contributed by atoms with Crippen molar-refractivity contribution in [1.82, 2.24) is 0 Å². The summed E-state index contributed by atoms with van der Waals surface area (Å²) < 4.78 is 0. The van der Waals surface area contributed by atoms with Crippen LogP contribution in [0.4, 0.5) is 5.69 Å². The van der Waals surface area contributed by atoms with E-state index in [1.807, 2.05) is 65.6 Å². The molecule has 1 aliphatic carbocycles. The summed E-state index contributed by atoms with van der Waals surface area (Å²) >= 11 is 12.9. The third-order valence-electron chi connectivity index (χ3n) is 6.52. The number of Topliss-reactive ketones (excluding diaryl/α,β-unsaturated/α-hetero) is 1. The fourth-order valence-electron chi connectivity index (χ4n) is 5.02. The van der Waals surface area contributed by atoms with E-state index >= 15 is 0 Å². The number of nitrogens with two attached hydrogens (primary N) is 1. The molecular weight excluding hydrogens is 465 g/mol. The molecule has 0 saturated carbocycles. The van der Waals surface area contributed by atoms with E-state index in [1.165, 1.54) is 0 Å². The Hall–Kier alpha value is -3.52. The number of carbonyl (C=O) groups excluding carboxylic acids is 1. The second-order valence-corrected chi connectivity index (χ2v) is 9.32. The van der Waals surface area contributed by atoms with E-state index in [2.05, 4.69) is 6.07 Å². The van der Waals surface area contributed by atoms with Gasteiger partial charge in [-0.2, -0.15) is 5.26 Å². The smallest absolute Gasteiger partial charge is 0.162 e. The van der Waals surface area contributed by atoms with E-state index < -0.39 is 5.92 Å². The van der Waals surface area contributed by atoms with Crippen molar-refractivity contribution in [2.75, 3.05) is 4.90 Å². The highest BCUT2D eigenvalue weighted by molar-refractivity contribution is 6.31. The highest BCUT2D eigenvalue weighted by atomic mass is 35.5. The van der Waals surface area contributed by atoms with Gasteiger partial charge < -0.3 is 5.73 Å². The maximum absolute atomic E-state index is 13.8. The molecule has 1 aliphatic heterocycles. The summed E-state index contributed by atoms with van der Waals surface area (Å²) in [6.07, 6.45) is 0.948. The standard InChI is InChI=1S/C28H21Cl2N3O/c29-19-9-6-10-20(15-19)33-24-13-18(17-7-2-1-3-8-17)14-25(34)27(24)26(22(16-31)28(33)32)21-11-4-5-12-23(21)30/h1-12,15,18,26H,13-14,32H2/t18-,26+/m0/s1. The van der Waals surface area contributed by atoms with Gasteiger partial charge in [-0.1, -0.05) is 77.8 Å². The number of hydrogen-bond acceptors (Lipinski definition) is 4. The van der Waals surface area contributed by atoms with Gasteiger partial charge in [0.1, 0.15) is 5.82 Å². The quantitative estimate of drug-likeness (QED) is 0.448. The Kier molecular flexibility index (Phi) is 5.91. The zero-order valence-electron chi connectivity index (χ0n) is 18.2. The Labute approximate surface area is 208 Å². The van der Waals surface area contributed by atoms with Crippen LogP contribution in [0, 0.1) is 11.3 Å². The molecule has 3 aromatic rings. The average Bonchev–Trinajstić information content (AvgIpc) is 2.84. The minimum absolute atomic E-state index is 0.00235. The number of rotatable bonds is 3. The molecule has 3 aromatic carbocycles. The van der Waals surface area contributed by atoms with Crippen molar-refractivity contribution in [3.05, 3.63) is 123 Å². The van der Waals surface area contributed by atoms with Crippen molar-refractivity contribution in [2.45, 2.75) is 24.7 Å². The summed E-state index contributed by atoms with van der Waals surface area (Å²) in [4.78, 5) is 15.6. The molecule has 0 spiro atoms. The van der Waals surface area contributed by atoms with Gasteiger partial charge in [0, 0.05) is 33.4 Å². The second-order valence-electron chi connectivity index (χ2n) is 8.48. The van der Waals surface area contributed by atoms with Gasteiger partial charge in [0.2, 0.25) is 0 Å². The van der Waals surface area contributed by atoms with Crippen LogP contribution in [0.1, 0.15) is 35.8 Å². The van der Waals surface area contributed by atoms with Crippen molar-refractivity contribution in [3.63, 3.8) is 0 Å². The second kappa shape index (κ2) is 9.02.